The normalized spacial score (nSPS) is 10.9. The summed E-state index contributed by atoms with van der Waals surface area (Å²) in [4.78, 5) is 8.34. The van der Waals surface area contributed by atoms with Gasteiger partial charge < -0.3 is 4.74 Å². The molecule has 0 unspecified atom stereocenters. The maximum absolute atomic E-state index is 13.8. The minimum atomic E-state index is -1.06. The minimum absolute atomic E-state index is 0.223. The number of pyridine rings is 2. The maximum atomic E-state index is 13.8. The predicted octanol–water partition coefficient (Wildman–Crippen LogP) is 5.23. The molecule has 3 nitrogen and oxygen atoms in total. The van der Waals surface area contributed by atoms with E-state index in [9.17, 15) is 8.78 Å². The number of rotatable bonds is 2. The zero-order valence-corrected chi connectivity index (χ0v) is 13.5. The summed E-state index contributed by atoms with van der Waals surface area (Å²) in [6, 6.07) is 5.68. The molecule has 0 aliphatic rings. The SMILES string of the molecule is Fc1cc(Br)cc(Oc2ccnc3cc(Br)cnc23)c1F. The van der Waals surface area contributed by atoms with Gasteiger partial charge in [0.15, 0.2) is 17.3 Å². The van der Waals surface area contributed by atoms with Crippen LogP contribution in [0.25, 0.3) is 11.0 Å². The Morgan fingerprint density at radius 2 is 1.76 bits per heavy atom. The van der Waals surface area contributed by atoms with Crippen molar-refractivity contribution in [1.29, 1.82) is 0 Å². The van der Waals surface area contributed by atoms with E-state index in [1.807, 2.05) is 0 Å². The number of aromatic nitrogens is 2. The van der Waals surface area contributed by atoms with Gasteiger partial charge in [-0.1, -0.05) is 15.9 Å². The van der Waals surface area contributed by atoms with Crippen LogP contribution in [0.3, 0.4) is 0 Å². The molecule has 1 aromatic carbocycles. The van der Waals surface area contributed by atoms with Crippen LogP contribution in [0.2, 0.25) is 0 Å². The van der Waals surface area contributed by atoms with Gasteiger partial charge in [0.25, 0.3) is 0 Å². The highest BCUT2D eigenvalue weighted by Gasteiger charge is 2.14. The van der Waals surface area contributed by atoms with Crippen molar-refractivity contribution in [3.05, 3.63) is 57.2 Å². The molecule has 106 valence electrons. The Bertz CT molecular complexity index is 843. The number of hydrogen-bond acceptors (Lipinski definition) is 3. The predicted molar refractivity (Wildman–Crippen MR) is 81.4 cm³/mol. The van der Waals surface area contributed by atoms with Crippen LogP contribution in [0.1, 0.15) is 0 Å². The fourth-order valence-corrected chi connectivity index (χ4v) is 2.52. The number of benzene rings is 1. The van der Waals surface area contributed by atoms with Crippen LogP contribution in [0.15, 0.2) is 45.6 Å². The van der Waals surface area contributed by atoms with Crippen LogP contribution in [0.4, 0.5) is 8.78 Å². The topological polar surface area (TPSA) is 35.0 Å². The van der Waals surface area contributed by atoms with E-state index in [0.717, 1.165) is 10.5 Å². The van der Waals surface area contributed by atoms with E-state index in [0.29, 0.717) is 21.3 Å². The van der Waals surface area contributed by atoms with Crippen LogP contribution < -0.4 is 4.74 Å². The lowest BCUT2D eigenvalue weighted by Crippen LogP contribution is -1.94. The van der Waals surface area contributed by atoms with Crippen LogP contribution in [0, 0.1) is 11.6 Å². The highest BCUT2D eigenvalue weighted by Crippen LogP contribution is 2.32. The first-order valence-corrected chi connectivity index (χ1v) is 7.36. The second-order valence-corrected chi connectivity index (χ2v) is 5.96. The maximum Gasteiger partial charge on any atom is 0.201 e. The number of nitrogens with zero attached hydrogens (tertiary/aromatic N) is 2. The average Bonchev–Trinajstić information content (AvgIpc) is 2.44. The first-order valence-electron chi connectivity index (χ1n) is 5.77. The summed E-state index contributed by atoms with van der Waals surface area (Å²) in [5, 5.41) is 0. The van der Waals surface area contributed by atoms with Gasteiger partial charge in [0.2, 0.25) is 5.82 Å². The van der Waals surface area contributed by atoms with E-state index in [4.69, 9.17) is 4.74 Å². The Morgan fingerprint density at radius 3 is 2.57 bits per heavy atom. The summed E-state index contributed by atoms with van der Waals surface area (Å²) in [6.07, 6.45) is 3.09. The Morgan fingerprint density at radius 1 is 0.952 bits per heavy atom. The van der Waals surface area contributed by atoms with Crippen molar-refractivity contribution in [2.45, 2.75) is 0 Å². The van der Waals surface area contributed by atoms with E-state index < -0.39 is 11.6 Å². The van der Waals surface area contributed by atoms with Gasteiger partial charge >= 0.3 is 0 Å². The van der Waals surface area contributed by atoms with Gasteiger partial charge in [-0.2, -0.15) is 4.39 Å². The lowest BCUT2D eigenvalue weighted by atomic mass is 10.3. The van der Waals surface area contributed by atoms with Crippen molar-refractivity contribution in [3.8, 4) is 11.5 Å². The highest BCUT2D eigenvalue weighted by molar-refractivity contribution is 9.10. The third-order valence-corrected chi connectivity index (χ3v) is 3.58. The standard InChI is InChI=1S/C14H6Br2F2N2O/c15-7-3-9(17)13(18)12(5-7)21-11-1-2-19-10-4-8(16)6-20-14(10)11/h1-6H. The van der Waals surface area contributed by atoms with Crippen LogP contribution in [-0.4, -0.2) is 9.97 Å². The zero-order valence-electron chi connectivity index (χ0n) is 10.3. The first kappa shape index (κ1) is 14.3. The molecule has 3 aromatic rings. The summed E-state index contributed by atoms with van der Waals surface area (Å²) < 4.78 is 33.8. The van der Waals surface area contributed by atoms with E-state index >= 15 is 0 Å². The number of hydrogen-bond donors (Lipinski definition) is 0. The molecule has 0 bridgehead atoms. The molecule has 0 atom stereocenters. The summed E-state index contributed by atoms with van der Waals surface area (Å²) >= 11 is 6.39. The second kappa shape index (κ2) is 5.65. The van der Waals surface area contributed by atoms with Crippen molar-refractivity contribution in [1.82, 2.24) is 9.97 Å². The highest BCUT2D eigenvalue weighted by atomic mass is 79.9. The summed E-state index contributed by atoms with van der Waals surface area (Å²) in [5.74, 6) is -1.98. The Balaban J connectivity index is 2.10. The molecule has 0 N–H and O–H groups in total. The molecule has 3 rings (SSSR count). The van der Waals surface area contributed by atoms with Gasteiger partial charge in [-0.25, -0.2) is 9.37 Å². The average molecular weight is 416 g/mol. The molecule has 0 spiro atoms. The van der Waals surface area contributed by atoms with Crippen molar-refractivity contribution in [2.75, 3.05) is 0 Å². The number of halogens is 4. The monoisotopic (exact) mass is 414 g/mol. The smallest absolute Gasteiger partial charge is 0.201 e. The summed E-state index contributed by atoms with van der Waals surface area (Å²) in [7, 11) is 0. The van der Waals surface area contributed by atoms with Crippen LogP contribution in [0.5, 0.6) is 11.5 Å². The summed E-state index contributed by atoms with van der Waals surface area (Å²) in [5.41, 5.74) is 1.04. The molecule has 2 aromatic heterocycles. The van der Waals surface area contributed by atoms with Crippen LogP contribution >= 0.6 is 31.9 Å². The van der Waals surface area contributed by atoms with Gasteiger partial charge in [-0.05, 0) is 34.1 Å². The number of ether oxygens (including phenoxy) is 1. The van der Waals surface area contributed by atoms with Gasteiger partial charge in [-0.3, -0.25) is 4.98 Å². The lowest BCUT2D eigenvalue weighted by molar-refractivity contribution is 0.417. The molecule has 0 fully saturated rings. The molecule has 0 radical (unpaired) electrons. The molecular weight excluding hydrogens is 410 g/mol. The van der Waals surface area contributed by atoms with Crippen molar-refractivity contribution in [3.63, 3.8) is 0 Å². The van der Waals surface area contributed by atoms with E-state index in [1.54, 1.807) is 18.3 Å². The Hall–Kier alpha value is -1.60. The van der Waals surface area contributed by atoms with Gasteiger partial charge in [0.1, 0.15) is 5.52 Å². The molecule has 0 aliphatic carbocycles. The molecule has 7 heteroatoms. The molecule has 21 heavy (non-hydrogen) atoms. The fraction of sp³-hybridized carbons (Fsp3) is 0. The largest absolute Gasteiger partial charge is 0.452 e. The number of fused-ring (bicyclic) bond motifs is 1. The minimum Gasteiger partial charge on any atom is -0.452 e. The third kappa shape index (κ3) is 2.89. The molecule has 0 aliphatic heterocycles. The third-order valence-electron chi connectivity index (χ3n) is 2.69. The molecule has 0 saturated heterocycles. The quantitative estimate of drug-likeness (QED) is 0.538. The zero-order chi connectivity index (χ0) is 15.0. The van der Waals surface area contributed by atoms with Gasteiger partial charge in [0, 0.05) is 27.4 Å². The Kier molecular flexibility index (Phi) is 3.86. The molecular formula is C14H6Br2F2N2O. The van der Waals surface area contributed by atoms with Crippen LogP contribution in [-0.2, 0) is 0 Å². The Labute approximate surface area is 135 Å². The van der Waals surface area contributed by atoms with Gasteiger partial charge in [-0.15, -0.1) is 0 Å². The van der Waals surface area contributed by atoms with Crippen molar-refractivity contribution in [2.24, 2.45) is 0 Å². The van der Waals surface area contributed by atoms with E-state index in [1.165, 1.54) is 12.3 Å². The second-order valence-electron chi connectivity index (χ2n) is 4.13. The van der Waals surface area contributed by atoms with Gasteiger partial charge in [0.05, 0.1) is 5.52 Å². The molecule has 0 amide bonds. The fourth-order valence-electron chi connectivity index (χ4n) is 1.79. The van der Waals surface area contributed by atoms with Crippen molar-refractivity contribution >= 4 is 42.9 Å². The van der Waals surface area contributed by atoms with Crippen molar-refractivity contribution < 1.29 is 13.5 Å². The molecule has 2 heterocycles. The van der Waals surface area contributed by atoms with E-state index in [-0.39, 0.29) is 5.75 Å². The molecule has 0 saturated carbocycles. The first-order chi connectivity index (χ1) is 10.0. The van der Waals surface area contributed by atoms with E-state index in [2.05, 4.69) is 41.8 Å². The lowest BCUT2D eigenvalue weighted by Gasteiger charge is -2.09. The summed E-state index contributed by atoms with van der Waals surface area (Å²) in [6.45, 7) is 0.